The molecule has 1 saturated heterocycles. The van der Waals surface area contributed by atoms with E-state index >= 15 is 0 Å². The van der Waals surface area contributed by atoms with Crippen LogP contribution in [0.4, 0.5) is 0 Å². The largest absolute Gasteiger partial charge is 0.348 e. The predicted molar refractivity (Wildman–Crippen MR) is 84.8 cm³/mol. The van der Waals surface area contributed by atoms with Crippen LogP contribution in [0, 0.1) is 0 Å². The van der Waals surface area contributed by atoms with Crippen LogP contribution in [0.1, 0.15) is 42.9 Å². The summed E-state index contributed by atoms with van der Waals surface area (Å²) in [6, 6.07) is 7.62. The van der Waals surface area contributed by atoms with E-state index in [9.17, 15) is 13.2 Å². The first-order valence-electron chi connectivity index (χ1n) is 7.82. The van der Waals surface area contributed by atoms with E-state index in [0.717, 1.165) is 25.7 Å². The molecule has 0 spiro atoms. The molecule has 120 valence electrons. The van der Waals surface area contributed by atoms with Crippen LogP contribution < -0.4 is 5.32 Å². The molecule has 1 aliphatic carbocycles. The minimum absolute atomic E-state index is 0.000500. The average Bonchev–Trinajstić information content (AvgIpc) is 2.97. The second-order valence-corrected chi connectivity index (χ2v) is 8.12. The Morgan fingerprint density at radius 3 is 2.77 bits per heavy atom. The number of hydrogen-bond donors (Lipinski definition) is 1. The summed E-state index contributed by atoms with van der Waals surface area (Å²) in [7, 11) is -3.33. The highest BCUT2D eigenvalue weighted by Gasteiger charge is 2.37. The zero-order valence-corrected chi connectivity index (χ0v) is 13.6. The molecular formula is C16H22N2O3S. The molecule has 2 atom stereocenters. The highest BCUT2D eigenvalue weighted by molar-refractivity contribution is 7.88. The monoisotopic (exact) mass is 322 g/mol. The van der Waals surface area contributed by atoms with Gasteiger partial charge in [0.15, 0.2) is 0 Å². The standard InChI is InChI=1S/C16H22N2O3S/c1-22(20,21)18-11-5-10-15(18)16(19)17-14-9-4-7-12-6-2-3-8-13(12)14/h2-3,6,8,14-15H,4-5,7,9-11H2,1H3,(H,17,19)/t14-,15-/m1/s1. The molecule has 0 radical (unpaired) electrons. The molecule has 1 N–H and O–H groups in total. The van der Waals surface area contributed by atoms with Gasteiger partial charge in [0, 0.05) is 6.54 Å². The van der Waals surface area contributed by atoms with Gasteiger partial charge in [0.25, 0.3) is 0 Å². The number of benzene rings is 1. The Balaban J connectivity index is 1.75. The van der Waals surface area contributed by atoms with E-state index in [1.807, 2.05) is 12.1 Å². The topological polar surface area (TPSA) is 66.5 Å². The van der Waals surface area contributed by atoms with Crippen molar-refractivity contribution in [1.29, 1.82) is 0 Å². The lowest BCUT2D eigenvalue weighted by Crippen LogP contribution is -2.46. The van der Waals surface area contributed by atoms with Gasteiger partial charge in [-0.3, -0.25) is 4.79 Å². The lowest BCUT2D eigenvalue weighted by molar-refractivity contribution is -0.125. The summed E-state index contributed by atoms with van der Waals surface area (Å²) in [5.74, 6) is -0.162. The third-order valence-corrected chi connectivity index (χ3v) is 5.91. The van der Waals surface area contributed by atoms with Gasteiger partial charge in [0.1, 0.15) is 6.04 Å². The summed E-state index contributed by atoms with van der Waals surface area (Å²) in [5, 5.41) is 3.07. The second-order valence-electron chi connectivity index (χ2n) is 6.18. The van der Waals surface area contributed by atoms with Gasteiger partial charge in [-0.25, -0.2) is 8.42 Å². The molecule has 0 aromatic heterocycles. The van der Waals surface area contributed by atoms with Crippen molar-refractivity contribution in [2.24, 2.45) is 0 Å². The van der Waals surface area contributed by atoms with Crippen molar-refractivity contribution in [3.63, 3.8) is 0 Å². The smallest absolute Gasteiger partial charge is 0.238 e. The van der Waals surface area contributed by atoms with E-state index in [0.29, 0.717) is 13.0 Å². The van der Waals surface area contributed by atoms with Crippen LogP contribution in [0.25, 0.3) is 0 Å². The third kappa shape index (κ3) is 3.03. The molecule has 1 fully saturated rings. The molecule has 3 rings (SSSR count). The summed E-state index contributed by atoms with van der Waals surface area (Å²) in [6.07, 6.45) is 5.52. The molecule has 1 aromatic rings. The fraction of sp³-hybridized carbons (Fsp3) is 0.562. The number of carbonyl (C=O) groups excluding carboxylic acids is 1. The fourth-order valence-electron chi connectivity index (χ4n) is 3.57. The Kier molecular flexibility index (Phi) is 4.23. The Bertz CT molecular complexity index is 672. The van der Waals surface area contributed by atoms with Gasteiger partial charge >= 0.3 is 0 Å². The van der Waals surface area contributed by atoms with Crippen LogP contribution >= 0.6 is 0 Å². The van der Waals surface area contributed by atoms with Gasteiger partial charge in [-0.1, -0.05) is 24.3 Å². The van der Waals surface area contributed by atoms with E-state index in [1.54, 1.807) is 0 Å². The molecule has 0 bridgehead atoms. The maximum absolute atomic E-state index is 12.6. The van der Waals surface area contributed by atoms with Gasteiger partial charge in [0.2, 0.25) is 15.9 Å². The van der Waals surface area contributed by atoms with Gasteiger partial charge in [-0.05, 0) is 43.2 Å². The SMILES string of the molecule is CS(=O)(=O)N1CCC[C@@H]1C(=O)N[C@@H]1CCCc2ccccc21. The number of hydrogen-bond acceptors (Lipinski definition) is 3. The Morgan fingerprint density at radius 1 is 1.23 bits per heavy atom. The molecule has 0 saturated carbocycles. The van der Waals surface area contributed by atoms with Crippen LogP contribution in [0.2, 0.25) is 0 Å². The first kappa shape index (κ1) is 15.5. The van der Waals surface area contributed by atoms with Crippen molar-refractivity contribution < 1.29 is 13.2 Å². The highest BCUT2D eigenvalue weighted by Crippen LogP contribution is 2.30. The van der Waals surface area contributed by atoms with Gasteiger partial charge in [0.05, 0.1) is 12.3 Å². The number of sulfonamides is 1. The minimum atomic E-state index is -3.33. The summed E-state index contributed by atoms with van der Waals surface area (Å²) in [4.78, 5) is 12.6. The van der Waals surface area contributed by atoms with Crippen molar-refractivity contribution in [2.45, 2.75) is 44.2 Å². The number of rotatable bonds is 3. The molecule has 6 heteroatoms. The van der Waals surface area contributed by atoms with Crippen molar-refractivity contribution in [2.75, 3.05) is 12.8 Å². The van der Waals surface area contributed by atoms with Gasteiger partial charge in [-0.15, -0.1) is 0 Å². The molecule has 5 nitrogen and oxygen atoms in total. The van der Waals surface area contributed by atoms with Crippen molar-refractivity contribution in [3.8, 4) is 0 Å². The molecule has 1 heterocycles. The quantitative estimate of drug-likeness (QED) is 0.919. The highest BCUT2D eigenvalue weighted by atomic mass is 32.2. The van der Waals surface area contributed by atoms with Gasteiger partial charge < -0.3 is 5.32 Å². The minimum Gasteiger partial charge on any atom is -0.348 e. The predicted octanol–water partition coefficient (Wildman–Crippen LogP) is 1.60. The van der Waals surface area contributed by atoms with Gasteiger partial charge in [-0.2, -0.15) is 4.31 Å². The summed E-state index contributed by atoms with van der Waals surface area (Å²) in [5.41, 5.74) is 2.46. The maximum Gasteiger partial charge on any atom is 0.238 e. The van der Waals surface area contributed by atoms with E-state index in [4.69, 9.17) is 0 Å². The van der Waals surface area contributed by atoms with Crippen LogP contribution in [0.15, 0.2) is 24.3 Å². The Morgan fingerprint density at radius 2 is 2.00 bits per heavy atom. The van der Waals surface area contributed by atoms with E-state index in [2.05, 4.69) is 17.4 Å². The molecular weight excluding hydrogens is 300 g/mol. The number of nitrogens with zero attached hydrogens (tertiary/aromatic N) is 1. The van der Waals surface area contributed by atoms with E-state index in [1.165, 1.54) is 21.7 Å². The summed E-state index contributed by atoms with van der Waals surface area (Å²) < 4.78 is 24.9. The summed E-state index contributed by atoms with van der Waals surface area (Å²) >= 11 is 0. The van der Waals surface area contributed by atoms with Crippen molar-refractivity contribution >= 4 is 15.9 Å². The van der Waals surface area contributed by atoms with E-state index < -0.39 is 16.1 Å². The Labute approximate surface area is 131 Å². The first-order valence-corrected chi connectivity index (χ1v) is 9.66. The summed E-state index contributed by atoms with van der Waals surface area (Å²) in [6.45, 7) is 0.443. The number of nitrogens with one attached hydrogen (secondary N) is 1. The number of fused-ring (bicyclic) bond motifs is 1. The first-order chi connectivity index (χ1) is 10.5. The lowest BCUT2D eigenvalue weighted by atomic mass is 9.87. The number of amides is 1. The molecule has 1 aliphatic heterocycles. The average molecular weight is 322 g/mol. The normalized spacial score (nSPS) is 25.7. The van der Waals surface area contributed by atoms with Crippen molar-refractivity contribution in [1.82, 2.24) is 9.62 Å². The van der Waals surface area contributed by atoms with Crippen LogP contribution in [-0.4, -0.2) is 37.5 Å². The molecule has 1 amide bonds. The molecule has 0 unspecified atom stereocenters. The van der Waals surface area contributed by atoms with Crippen molar-refractivity contribution in [3.05, 3.63) is 35.4 Å². The molecule has 22 heavy (non-hydrogen) atoms. The van der Waals surface area contributed by atoms with E-state index in [-0.39, 0.29) is 11.9 Å². The van der Waals surface area contributed by atoms with Crippen LogP contribution in [0.5, 0.6) is 0 Å². The fourth-order valence-corrected chi connectivity index (χ4v) is 4.70. The number of carbonyl (C=O) groups is 1. The zero-order valence-electron chi connectivity index (χ0n) is 12.8. The lowest BCUT2D eigenvalue weighted by Gasteiger charge is -2.29. The third-order valence-electron chi connectivity index (χ3n) is 4.62. The zero-order chi connectivity index (χ0) is 15.7. The number of aryl methyl sites for hydroxylation is 1. The van der Waals surface area contributed by atoms with Crippen LogP contribution in [-0.2, 0) is 21.2 Å². The second kappa shape index (κ2) is 6.01. The Hall–Kier alpha value is -1.40. The maximum atomic E-state index is 12.6. The van der Waals surface area contributed by atoms with Crippen LogP contribution in [0.3, 0.4) is 0 Å². The molecule has 2 aliphatic rings. The molecule has 1 aromatic carbocycles.